The molecule has 0 saturated carbocycles. The van der Waals surface area contributed by atoms with E-state index in [9.17, 15) is 4.79 Å². The summed E-state index contributed by atoms with van der Waals surface area (Å²) in [6.45, 7) is 6.12. The van der Waals surface area contributed by atoms with E-state index in [1.165, 1.54) is 0 Å². The number of para-hydroxylation sites is 1. The van der Waals surface area contributed by atoms with Crippen LogP contribution in [0.3, 0.4) is 0 Å². The molecular weight excluding hydrogens is 314 g/mol. The van der Waals surface area contributed by atoms with Gasteiger partial charge in [0.05, 0.1) is 6.04 Å². The van der Waals surface area contributed by atoms with Gasteiger partial charge in [0, 0.05) is 17.4 Å². The van der Waals surface area contributed by atoms with Crippen molar-refractivity contribution in [3.05, 3.63) is 65.4 Å². The van der Waals surface area contributed by atoms with E-state index in [2.05, 4.69) is 5.32 Å². The number of fused-ring (bicyclic) bond motifs is 2. The van der Waals surface area contributed by atoms with Crippen molar-refractivity contribution >= 4 is 16.9 Å². The number of amides is 1. The van der Waals surface area contributed by atoms with Crippen LogP contribution < -0.4 is 10.1 Å². The van der Waals surface area contributed by atoms with E-state index in [0.717, 1.165) is 27.8 Å². The summed E-state index contributed by atoms with van der Waals surface area (Å²) in [6.07, 6.45) is 0.703. The van der Waals surface area contributed by atoms with E-state index in [-0.39, 0.29) is 17.6 Å². The highest BCUT2D eigenvalue weighted by Gasteiger charge is 2.35. The third-order valence-corrected chi connectivity index (χ3v) is 4.58. The molecule has 2 aromatic carbocycles. The lowest BCUT2D eigenvalue weighted by Gasteiger charge is -2.38. The summed E-state index contributed by atoms with van der Waals surface area (Å²) in [5.74, 6) is 0.968. The van der Waals surface area contributed by atoms with Crippen LogP contribution in [-0.4, -0.2) is 11.5 Å². The summed E-state index contributed by atoms with van der Waals surface area (Å²) in [5, 5.41) is 4.04. The Hall–Kier alpha value is -2.75. The van der Waals surface area contributed by atoms with Gasteiger partial charge in [0.1, 0.15) is 16.9 Å². The lowest BCUT2D eigenvalue weighted by Crippen LogP contribution is -2.41. The van der Waals surface area contributed by atoms with E-state index in [1.54, 1.807) is 6.07 Å². The van der Waals surface area contributed by atoms with E-state index in [0.29, 0.717) is 12.2 Å². The summed E-state index contributed by atoms with van der Waals surface area (Å²) in [4.78, 5) is 12.7. The minimum absolute atomic E-state index is 0.111. The first-order valence-electron chi connectivity index (χ1n) is 8.50. The van der Waals surface area contributed by atoms with E-state index in [4.69, 9.17) is 9.15 Å². The van der Waals surface area contributed by atoms with Crippen LogP contribution in [-0.2, 0) is 0 Å². The maximum Gasteiger partial charge on any atom is 0.287 e. The third kappa shape index (κ3) is 3.00. The number of carbonyl (C=O) groups excluding carboxylic acids is 1. The third-order valence-electron chi connectivity index (χ3n) is 4.58. The Morgan fingerprint density at radius 2 is 1.96 bits per heavy atom. The average Bonchev–Trinajstić information content (AvgIpc) is 2.97. The molecule has 1 N–H and O–H groups in total. The van der Waals surface area contributed by atoms with Crippen molar-refractivity contribution < 1.29 is 13.9 Å². The smallest absolute Gasteiger partial charge is 0.287 e. The Morgan fingerprint density at radius 3 is 2.76 bits per heavy atom. The maximum absolute atomic E-state index is 12.7. The fraction of sp³-hybridized carbons (Fsp3) is 0.286. The van der Waals surface area contributed by atoms with Crippen molar-refractivity contribution in [1.82, 2.24) is 5.32 Å². The molecular formula is C21H21NO3. The van der Waals surface area contributed by atoms with Crippen LogP contribution in [0.4, 0.5) is 0 Å². The number of rotatable bonds is 2. The summed E-state index contributed by atoms with van der Waals surface area (Å²) < 4.78 is 11.8. The molecule has 1 atom stereocenters. The van der Waals surface area contributed by atoms with Crippen LogP contribution in [0.15, 0.2) is 52.9 Å². The van der Waals surface area contributed by atoms with Gasteiger partial charge in [-0.25, -0.2) is 0 Å². The SMILES string of the molecule is Cc1ccc2c(c1)OC(C)(C)CC2NC(=O)c1cc2ccccc2o1. The number of nitrogens with one attached hydrogen (secondary N) is 1. The van der Waals surface area contributed by atoms with Crippen LogP contribution in [0.5, 0.6) is 5.75 Å². The maximum atomic E-state index is 12.7. The minimum Gasteiger partial charge on any atom is -0.487 e. The van der Waals surface area contributed by atoms with E-state index >= 15 is 0 Å². The van der Waals surface area contributed by atoms with Crippen molar-refractivity contribution in [2.24, 2.45) is 0 Å². The largest absolute Gasteiger partial charge is 0.487 e. The molecule has 4 nitrogen and oxygen atoms in total. The Labute approximate surface area is 146 Å². The van der Waals surface area contributed by atoms with E-state index in [1.807, 2.05) is 63.2 Å². The first-order valence-corrected chi connectivity index (χ1v) is 8.50. The lowest BCUT2D eigenvalue weighted by atomic mass is 9.89. The number of aryl methyl sites for hydroxylation is 1. The van der Waals surface area contributed by atoms with Gasteiger partial charge in [-0.2, -0.15) is 0 Å². The molecule has 0 aliphatic carbocycles. The second kappa shape index (κ2) is 5.66. The number of ether oxygens (including phenoxy) is 1. The molecule has 4 rings (SSSR count). The van der Waals surface area contributed by atoms with Crippen LogP contribution in [0, 0.1) is 6.92 Å². The zero-order valence-corrected chi connectivity index (χ0v) is 14.6. The van der Waals surface area contributed by atoms with Gasteiger partial charge in [-0.15, -0.1) is 0 Å². The van der Waals surface area contributed by atoms with Crippen molar-refractivity contribution in [3.63, 3.8) is 0 Å². The predicted molar refractivity (Wildman–Crippen MR) is 96.9 cm³/mol. The standard InChI is InChI=1S/C21H21NO3/c1-13-8-9-15-16(12-21(2,3)25-18(15)10-13)22-20(23)19-11-14-6-4-5-7-17(14)24-19/h4-11,16H,12H2,1-3H3,(H,22,23). The topological polar surface area (TPSA) is 51.5 Å². The quantitative estimate of drug-likeness (QED) is 0.733. The average molecular weight is 335 g/mol. The highest BCUT2D eigenvalue weighted by Crippen LogP contribution is 2.40. The zero-order valence-electron chi connectivity index (χ0n) is 14.6. The highest BCUT2D eigenvalue weighted by molar-refractivity contribution is 5.96. The minimum atomic E-state index is -0.341. The molecule has 0 radical (unpaired) electrons. The number of benzene rings is 2. The number of hydrogen-bond acceptors (Lipinski definition) is 3. The number of hydrogen-bond donors (Lipinski definition) is 1. The van der Waals surface area contributed by atoms with Gasteiger partial charge in [0.25, 0.3) is 5.91 Å². The predicted octanol–water partition coefficient (Wildman–Crippen LogP) is 4.77. The molecule has 2 heterocycles. The van der Waals surface area contributed by atoms with Gasteiger partial charge in [-0.05, 0) is 44.5 Å². The molecule has 1 amide bonds. The molecule has 0 saturated heterocycles. The van der Waals surface area contributed by atoms with Crippen LogP contribution in [0.25, 0.3) is 11.0 Å². The second-order valence-electron chi connectivity index (χ2n) is 7.28. The Balaban J connectivity index is 1.64. The monoisotopic (exact) mass is 335 g/mol. The molecule has 4 heteroatoms. The molecule has 0 spiro atoms. The fourth-order valence-electron chi connectivity index (χ4n) is 3.41. The highest BCUT2D eigenvalue weighted by atomic mass is 16.5. The normalized spacial score (nSPS) is 18.4. The molecule has 1 aliphatic rings. The van der Waals surface area contributed by atoms with Crippen LogP contribution in [0.2, 0.25) is 0 Å². The molecule has 1 aromatic heterocycles. The molecule has 25 heavy (non-hydrogen) atoms. The van der Waals surface area contributed by atoms with E-state index < -0.39 is 0 Å². The lowest BCUT2D eigenvalue weighted by molar-refractivity contribution is 0.0611. The fourth-order valence-corrected chi connectivity index (χ4v) is 3.41. The Morgan fingerprint density at radius 1 is 1.16 bits per heavy atom. The van der Waals surface area contributed by atoms with Crippen molar-refractivity contribution in [2.75, 3.05) is 0 Å². The Bertz CT molecular complexity index is 922. The van der Waals surface area contributed by atoms with Crippen molar-refractivity contribution in [2.45, 2.75) is 38.8 Å². The molecule has 0 bridgehead atoms. The summed E-state index contributed by atoms with van der Waals surface area (Å²) in [6, 6.07) is 15.4. The number of carbonyl (C=O) groups is 1. The first-order chi connectivity index (χ1) is 11.9. The van der Waals surface area contributed by atoms with Crippen molar-refractivity contribution in [3.8, 4) is 5.75 Å². The molecule has 3 aromatic rings. The second-order valence-corrected chi connectivity index (χ2v) is 7.28. The Kier molecular flexibility index (Phi) is 3.57. The van der Waals surface area contributed by atoms with Gasteiger partial charge >= 0.3 is 0 Å². The molecule has 1 aliphatic heterocycles. The summed E-state index contributed by atoms with van der Waals surface area (Å²) in [7, 11) is 0. The van der Waals surface area contributed by atoms with Gasteiger partial charge in [0.15, 0.2) is 5.76 Å². The first kappa shape index (κ1) is 15.8. The van der Waals surface area contributed by atoms with Gasteiger partial charge < -0.3 is 14.5 Å². The summed E-state index contributed by atoms with van der Waals surface area (Å²) >= 11 is 0. The molecule has 128 valence electrons. The molecule has 0 fully saturated rings. The van der Waals surface area contributed by atoms with Gasteiger partial charge in [0.2, 0.25) is 0 Å². The van der Waals surface area contributed by atoms with Crippen LogP contribution >= 0.6 is 0 Å². The van der Waals surface area contributed by atoms with Gasteiger partial charge in [-0.3, -0.25) is 4.79 Å². The van der Waals surface area contributed by atoms with Crippen molar-refractivity contribution in [1.29, 1.82) is 0 Å². The number of furan rings is 1. The summed E-state index contributed by atoms with van der Waals surface area (Å²) in [5.41, 5.74) is 2.52. The zero-order chi connectivity index (χ0) is 17.6. The molecule has 1 unspecified atom stereocenters. The van der Waals surface area contributed by atoms with Gasteiger partial charge in [-0.1, -0.05) is 30.3 Å². The van der Waals surface area contributed by atoms with Crippen LogP contribution in [0.1, 0.15) is 48.0 Å².